The quantitative estimate of drug-likeness (QED) is 0.355. The standard InChI is InChI=1S/C21H21BrN4O4S/c1-2-30-17-10-7-14(11-16(17)22)19(28)24-21(31)26-25-20(29)13-5-8-15(9-6-13)23-18(27)12-3-4-12/h5-12H,2-4H2,1H3,(H,23,27)(H,25,29)(H2,24,26,28,31). The van der Waals surface area contributed by atoms with Crippen LogP contribution < -0.4 is 26.2 Å². The Bertz CT molecular complexity index is 1010. The lowest BCUT2D eigenvalue weighted by atomic mass is 10.2. The number of rotatable bonds is 6. The maximum atomic E-state index is 12.3. The molecule has 3 rings (SSSR count). The van der Waals surface area contributed by atoms with Gasteiger partial charge in [0.15, 0.2) is 5.11 Å². The summed E-state index contributed by atoms with van der Waals surface area (Å²) in [4.78, 5) is 36.3. The summed E-state index contributed by atoms with van der Waals surface area (Å²) < 4.78 is 6.06. The van der Waals surface area contributed by atoms with Crippen LogP contribution >= 0.6 is 28.1 Å². The van der Waals surface area contributed by atoms with Gasteiger partial charge in [0.05, 0.1) is 11.1 Å². The Hall–Kier alpha value is -2.98. The van der Waals surface area contributed by atoms with Crippen LogP contribution in [0.25, 0.3) is 0 Å². The third-order valence-electron chi connectivity index (χ3n) is 4.37. The molecule has 0 saturated heterocycles. The Kier molecular flexibility index (Phi) is 7.59. The molecular weight excluding hydrogens is 484 g/mol. The minimum absolute atomic E-state index is 0.000447. The SMILES string of the molecule is CCOc1ccc(C(=O)NC(=S)NNC(=O)c2ccc(NC(=O)C3CC3)cc2)cc1Br. The van der Waals surface area contributed by atoms with E-state index in [1.807, 2.05) is 6.92 Å². The first-order chi connectivity index (χ1) is 14.9. The Morgan fingerprint density at radius 2 is 1.71 bits per heavy atom. The second-order valence-electron chi connectivity index (χ2n) is 6.78. The normalized spacial score (nSPS) is 12.5. The van der Waals surface area contributed by atoms with Gasteiger partial charge in [0.2, 0.25) is 5.91 Å². The summed E-state index contributed by atoms with van der Waals surface area (Å²) >= 11 is 8.41. The molecule has 0 unspecified atom stereocenters. The van der Waals surface area contributed by atoms with Crippen molar-refractivity contribution >= 4 is 56.7 Å². The molecule has 1 saturated carbocycles. The predicted octanol–water partition coefficient (Wildman–Crippen LogP) is 3.15. The Morgan fingerprint density at radius 3 is 2.32 bits per heavy atom. The van der Waals surface area contributed by atoms with Crippen molar-refractivity contribution in [2.75, 3.05) is 11.9 Å². The molecule has 0 spiro atoms. The van der Waals surface area contributed by atoms with Gasteiger partial charge in [0, 0.05) is 22.7 Å². The third kappa shape index (κ3) is 6.50. The zero-order chi connectivity index (χ0) is 22.4. The highest BCUT2D eigenvalue weighted by Crippen LogP contribution is 2.30. The van der Waals surface area contributed by atoms with E-state index in [-0.39, 0.29) is 16.9 Å². The highest BCUT2D eigenvalue weighted by atomic mass is 79.9. The number of nitrogens with one attached hydrogen (secondary N) is 4. The van der Waals surface area contributed by atoms with Gasteiger partial charge in [-0.3, -0.25) is 30.6 Å². The minimum Gasteiger partial charge on any atom is -0.493 e. The van der Waals surface area contributed by atoms with Crippen LogP contribution in [-0.2, 0) is 4.79 Å². The molecule has 0 radical (unpaired) electrons. The van der Waals surface area contributed by atoms with Crippen molar-refractivity contribution in [1.29, 1.82) is 0 Å². The Morgan fingerprint density at radius 1 is 1.03 bits per heavy atom. The summed E-state index contributed by atoms with van der Waals surface area (Å²) in [6, 6.07) is 11.4. The zero-order valence-electron chi connectivity index (χ0n) is 16.7. The number of carbonyl (C=O) groups is 3. The average Bonchev–Trinajstić information content (AvgIpc) is 3.59. The van der Waals surface area contributed by atoms with Crippen molar-refractivity contribution in [1.82, 2.24) is 16.2 Å². The van der Waals surface area contributed by atoms with E-state index in [0.717, 1.165) is 12.8 Å². The molecule has 3 amide bonds. The number of benzene rings is 2. The van der Waals surface area contributed by atoms with E-state index in [1.165, 1.54) is 0 Å². The summed E-state index contributed by atoms with van der Waals surface area (Å²) in [7, 11) is 0. The minimum atomic E-state index is -0.444. The molecule has 2 aromatic rings. The monoisotopic (exact) mass is 504 g/mol. The number of anilines is 1. The van der Waals surface area contributed by atoms with Crippen LogP contribution in [0, 0.1) is 5.92 Å². The number of hydrazine groups is 1. The van der Waals surface area contributed by atoms with E-state index in [2.05, 4.69) is 37.4 Å². The zero-order valence-corrected chi connectivity index (χ0v) is 19.1. The van der Waals surface area contributed by atoms with Crippen LogP contribution in [0.1, 0.15) is 40.5 Å². The van der Waals surface area contributed by atoms with Crippen molar-refractivity contribution in [3.63, 3.8) is 0 Å². The lowest BCUT2D eigenvalue weighted by Crippen LogP contribution is -2.48. The summed E-state index contributed by atoms with van der Waals surface area (Å²) in [6.07, 6.45) is 1.84. The lowest BCUT2D eigenvalue weighted by molar-refractivity contribution is -0.117. The van der Waals surface area contributed by atoms with Crippen molar-refractivity contribution < 1.29 is 19.1 Å². The summed E-state index contributed by atoms with van der Waals surface area (Å²) in [6.45, 7) is 2.38. The van der Waals surface area contributed by atoms with Gasteiger partial charge in [0.1, 0.15) is 5.75 Å². The van der Waals surface area contributed by atoms with E-state index in [1.54, 1.807) is 42.5 Å². The highest BCUT2D eigenvalue weighted by Gasteiger charge is 2.29. The molecule has 8 nitrogen and oxygen atoms in total. The van der Waals surface area contributed by atoms with E-state index < -0.39 is 11.8 Å². The summed E-state index contributed by atoms with van der Waals surface area (Å²) in [5.41, 5.74) is 6.27. The first-order valence-electron chi connectivity index (χ1n) is 9.62. The van der Waals surface area contributed by atoms with Crippen LogP contribution in [-0.4, -0.2) is 29.4 Å². The molecule has 0 aliphatic heterocycles. The van der Waals surface area contributed by atoms with Gasteiger partial charge in [-0.05, 0) is 90.4 Å². The second kappa shape index (κ2) is 10.4. The van der Waals surface area contributed by atoms with Crippen LogP contribution in [0.3, 0.4) is 0 Å². The number of thiocarbonyl (C=S) groups is 1. The molecule has 0 aromatic heterocycles. The molecule has 4 N–H and O–H groups in total. The maximum Gasteiger partial charge on any atom is 0.269 e. The number of halogens is 1. The van der Waals surface area contributed by atoms with E-state index >= 15 is 0 Å². The van der Waals surface area contributed by atoms with Gasteiger partial charge >= 0.3 is 0 Å². The van der Waals surface area contributed by atoms with Crippen LogP contribution in [0.4, 0.5) is 5.69 Å². The number of hydrogen-bond donors (Lipinski definition) is 4. The first kappa shape index (κ1) is 22.7. The fraction of sp³-hybridized carbons (Fsp3) is 0.238. The molecule has 162 valence electrons. The van der Waals surface area contributed by atoms with Gasteiger partial charge in [0.25, 0.3) is 11.8 Å². The third-order valence-corrected chi connectivity index (χ3v) is 5.20. The van der Waals surface area contributed by atoms with Crippen molar-refractivity contribution in [3.8, 4) is 5.75 Å². The molecule has 31 heavy (non-hydrogen) atoms. The molecule has 0 heterocycles. The van der Waals surface area contributed by atoms with Gasteiger partial charge in [-0.1, -0.05) is 0 Å². The van der Waals surface area contributed by atoms with Gasteiger partial charge < -0.3 is 10.1 Å². The smallest absolute Gasteiger partial charge is 0.269 e. The molecule has 0 atom stereocenters. The van der Waals surface area contributed by atoms with Gasteiger partial charge in [-0.15, -0.1) is 0 Å². The largest absolute Gasteiger partial charge is 0.493 e. The second-order valence-corrected chi connectivity index (χ2v) is 8.04. The average molecular weight is 505 g/mol. The fourth-order valence-electron chi connectivity index (χ4n) is 2.60. The van der Waals surface area contributed by atoms with Gasteiger partial charge in [-0.25, -0.2) is 0 Å². The van der Waals surface area contributed by atoms with E-state index in [0.29, 0.717) is 33.6 Å². The molecule has 10 heteroatoms. The number of hydrogen-bond acceptors (Lipinski definition) is 5. The van der Waals surface area contributed by atoms with Crippen molar-refractivity contribution in [2.45, 2.75) is 19.8 Å². The molecule has 1 fully saturated rings. The Labute approximate surface area is 193 Å². The molecule has 0 bridgehead atoms. The predicted molar refractivity (Wildman–Crippen MR) is 124 cm³/mol. The highest BCUT2D eigenvalue weighted by molar-refractivity contribution is 9.10. The Balaban J connectivity index is 1.47. The molecule has 2 aromatic carbocycles. The number of ether oxygens (including phenoxy) is 1. The number of amides is 3. The lowest BCUT2D eigenvalue weighted by Gasteiger charge is -2.12. The summed E-state index contributed by atoms with van der Waals surface area (Å²) in [5.74, 6) is -0.150. The summed E-state index contributed by atoms with van der Waals surface area (Å²) in [5, 5.41) is 5.23. The van der Waals surface area contributed by atoms with Gasteiger partial charge in [-0.2, -0.15) is 0 Å². The number of carbonyl (C=O) groups excluding carboxylic acids is 3. The molecule has 1 aliphatic carbocycles. The van der Waals surface area contributed by atoms with Crippen molar-refractivity contribution in [3.05, 3.63) is 58.1 Å². The molecular formula is C21H21BrN4O4S. The maximum absolute atomic E-state index is 12.3. The molecule has 1 aliphatic rings. The van der Waals surface area contributed by atoms with Crippen molar-refractivity contribution in [2.24, 2.45) is 5.92 Å². The first-order valence-corrected chi connectivity index (χ1v) is 10.8. The van der Waals surface area contributed by atoms with Crippen LogP contribution in [0.15, 0.2) is 46.9 Å². The van der Waals surface area contributed by atoms with Crippen LogP contribution in [0.2, 0.25) is 0 Å². The fourth-order valence-corrected chi connectivity index (χ4v) is 3.24. The van der Waals surface area contributed by atoms with E-state index in [9.17, 15) is 14.4 Å². The topological polar surface area (TPSA) is 109 Å². The van der Waals surface area contributed by atoms with Crippen LogP contribution in [0.5, 0.6) is 5.75 Å². The van der Waals surface area contributed by atoms with E-state index in [4.69, 9.17) is 17.0 Å².